The molecule has 1 aliphatic heterocycles. The van der Waals surface area contributed by atoms with Crippen LogP contribution in [0.4, 0.5) is 0 Å². The van der Waals surface area contributed by atoms with E-state index in [4.69, 9.17) is 25.8 Å². The Balaban J connectivity index is 1.85. The summed E-state index contributed by atoms with van der Waals surface area (Å²) in [5.74, 6) is 0.649. The number of fused-ring (bicyclic) bond motifs is 1. The molecule has 7 heteroatoms. The Morgan fingerprint density at radius 3 is 2.85 bits per heavy atom. The van der Waals surface area contributed by atoms with Gasteiger partial charge < -0.3 is 19.5 Å². The fourth-order valence-electron chi connectivity index (χ4n) is 2.25. The van der Waals surface area contributed by atoms with Crippen LogP contribution in [0, 0.1) is 5.92 Å². The standard InChI is InChI=1S/C19H24ClNO5/c1-13(2)6-7-21-17(22)12-26-18(23)5-4-14-10-15(20)19-16(11-14)24-8-3-9-25-19/h4-5,10-11,13H,3,6-9,12H2,1-2H3,(H,21,22). The molecule has 0 bridgehead atoms. The zero-order valence-corrected chi connectivity index (χ0v) is 15.8. The Bertz CT molecular complexity index is 672. The number of benzene rings is 1. The third-order valence-corrected chi connectivity index (χ3v) is 3.91. The predicted octanol–water partition coefficient (Wildman–Crippen LogP) is 3.22. The van der Waals surface area contributed by atoms with Crippen molar-refractivity contribution in [3.63, 3.8) is 0 Å². The van der Waals surface area contributed by atoms with Crippen molar-refractivity contribution in [3.8, 4) is 11.5 Å². The lowest BCUT2D eigenvalue weighted by Crippen LogP contribution is -2.29. The molecule has 0 aromatic heterocycles. The van der Waals surface area contributed by atoms with Crippen molar-refractivity contribution in [1.82, 2.24) is 5.32 Å². The van der Waals surface area contributed by atoms with Crippen molar-refractivity contribution in [2.75, 3.05) is 26.4 Å². The SMILES string of the molecule is CC(C)CCNC(=O)COC(=O)C=Cc1cc(Cl)c2c(c1)OCCCO2. The Hall–Kier alpha value is -2.21. The van der Waals surface area contributed by atoms with Crippen LogP contribution in [0.15, 0.2) is 18.2 Å². The molecule has 1 heterocycles. The van der Waals surface area contributed by atoms with Gasteiger partial charge in [-0.1, -0.05) is 25.4 Å². The molecule has 0 saturated heterocycles. The number of halogens is 1. The highest BCUT2D eigenvalue weighted by Crippen LogP contribution is 2.38. The van der Waals surface area contributed by atoms with Gasteiger partial charge >= 0.3 is 5.97 Å². The van der Waals surface area contributed by atoms with E-state index >= 15 is 0 Å². The minimum atomic E-state index is -0.604. The first-order chi connectivity index (χ1) is 12.5. The maximum atomic E-state index is 11.8. The summed E-state index contributed by atoms with van der Waals surface area (Å²) >= 11 is 6.20. The average Bonchev–Trinajstić information content (AvgIpc) is 2.83. The first-order valence-electron chi connectivity index (χ1n) is 8.66. The largest absolute Gasteiger partial charge is 0.489 e. The second-order valence-corrected chi connectivity index (χ2v) is 6.76. The fourth-order valence-corrected chi connectivity index (χ4v) is 2.52. The van der Waals surface area contributed by atoms with E-state index in [1.165, 1.54) is 6.08 Å². The number of amides is 1. The average molecular weight is 382 g/mol. The third-order valence-electron chi connectivity index (χ3n) is 3.63. The van der Waals surface area contributed by atoms with E-state index < -0.39 is 5.97 Å². The molecule has 6 nitrogen and oxygen atoms in total. The van der Waals surface area contributed by atoms with Gasteiger partial charge in [0.05, 0.1) is 18.2 Å². The molecule has 0 unspecified atom stereocenters. The Morgan fingerprint density at radius 1 is 1.31 bits per heavy atom. The van der Waals surface area contributed by atoms with E-state index in [1.54, 1.807) is 18.2 Å². The van der Waals surface area contributed by atoms with Crippen LogP contribution >= 0.6 is 11.6 Å². The maximum absolute atomic E-state index is 11.8. The normalized spacial score (nSPS) is 13.5. The van der Waals surface area contributed by atoms with Gasteiger partial charge in [0.15, 0.2) is 18.1 Å². The van der Waals surface area contributed by atoms with Crippen molar-refractivity contribution in [2.45, 2.75) is 26.7 Å². The first kappa shape index (κ1) is 20.1. The molecule has 1 amide bonds. The van der Waals surface area contributed by atoms with Gasteiger partial charge in [-0.05, 0) is 36.1 Å². The third kappa shape index (κ3) is 6.59. The number of hydrogen-bond acceptors (Lipinski definition) is 5. The monoisotopic (exact) mass is 381 g/mol. The zero-order valence-electron chi connectivity index (χ0n) is 15.0. The van der Waals surface area contributed by atoms with Crippen LogP contribution in [0.1, 0.15) is 32.3 Å². The van der Waals surface area contributed by atoms with Crippen LogP contribution in [-0.2, 0) is 14.3 Å². The topological polar surface area (TPSA) is 73.9 Å². The van der Waals surface area contributed by atoms with Crippen molar-refractivity contribution in [3.05, 3.63) is 28.8 Å². The van der Waals surface area contributed by atoms with E-state index in [1.807, 2.05) is 0 Å². The molecule has 2 rings (SSSR count). The van der Waals surface area contributed by atoms with Crippen LogP contribution in [0.5, 0.6) is 11.5 Å². The van der Waals surface area contributed by atoms with Gasteiger partial charge in [0, 0.05) is 19.0 Å². The summed E-state index contributed by atoms with van der Waals surface area (Å²) in [5.41, 5.74) is 0.678. The van der Waals surface area contributed by atoms with Crippen LogP contribution in [-0.4, -0.2) is 38.2 Å². The number of carbonyl (C=O) groups excluding carboxylic acids is 2. The summed E-state index contributed by atoms with van der Waals surface area (Å²) in [6.45, 7) is 5.51. The van der Waals surface area contributed by atoms with Crippen LogP contribution in [0.3, 0.4) is 0 Å². The van der Waals surface area contributed by atoms with Gasteiger partial charge in [-0.25, -0.2) is 4.79 Å². The lowest BCUT2D eigenvalue weighted by Gasteiger charge is -2.10. The summed E-state index contributed by atoms with van der Waals surface area (Å²) in [6.07, 6.45) is 4.46. The van der Waals surface area contributed by atoms with E-state index in [0.29, 0.717) is 47.8 Å². The van der Waals surface area contributed by atoms with Crippen LogP contribution in [0.25, 0.3) is 6.08 Å². The molecule has 0 atom stereocenters. The highest BCUT2D eigenvalue weighted by atomic mass is 35.5. The van der Waals surface area contributed by atoms with Crippen LogP contribution in [0.2, 0.25) is 5.02 Å². The van der Waals surface area contributed by atoms with E-state index in [0.717, 1.165) is 12.8 Å². The molecule has 0 radical (unpaired) electrons. The number of ether oxygens (including phenoxy) is 3. The fraction of sp³-hybridized carbons (Fsp3) is 0.474. The summed E-state index contributed by atoms with van der Waals surface area (Å²) in [7, 11) is 0. The summed E-state index contributed by atoms with van der Waals surface area (Å²) in [5, 5.41) is 3.12. The van der Waals surface area contributed by atoms with Gasteiger partial charge in [-0.3, -0.25) is 4.79 Å². The van der Waals surface area contributed by atoms with Gasteiger partial charge in [0.1, 0.15) is 0 Å². The molecule has 0 saturated carbocycles. The number of esters is 1. The Labute approximate surface area is 158 Å². The van der Waals surface area contributed by atoms with Crippen molar-refractivity contribution in [2.24, 2.45) is 5.92 Å². The molecule has 0 spiro atoms. The molecule has 26 heavy (non-hydrogen) atoms. The molecular weight excluding hydrogens is 358 g/mol. The van der Waals surface area contributed by atoms with Crippen molar-refractivity contribution in [1.29, 1.82) is 0 Å². The highest BCUT2D eigenvalue weighted by molar-refractivity contribution is 6.32. The van der Waals surface area contributed by atoms with Gasteiger partial charge in [-0.15, -0.1) is 0 Å². The van der Waals surface area contributed by atoms with E-state index in [9.17, 15) is 9.59 Å². The predicted molar refractivity (Wildman–Crippen MR) is 99.5 cm³/mol. The lowest BCUT2D eigenvalue weighted by atomic mass is 10.1. The summed E-state index contributed by atoms with van der Waals surface area (Å²) in [6, 6.07) is 3.42. The molecule has 1 N–H and O–H groups in total. The highest BCUT2D eigenvalue weighted by Gasteiger charge is 2.15. The number of nitrogens with one attached hydrogen (secondary N) is 1. The Morgan fingerprint density at radius 2 is 2.08 bits per heavy atom. The maximum Gasteiger partial charge on any atom is 0.331 e. The van der Waals surface area contributed by atoms with E-state index in [-0.39, 0.29) is 12.5 Å². The molecule has 0 fully saturated rings. The number of carbonyl (C=O) groups is 2. The minimum Gasteiger partial charge on any atom is -0.489 e. The lowest BCUT2D eigenvalue weighted by molar-refractivity contribution is -0.143. The number of hydrogen-bond donors (Lipinski definition) is 1. The van der Waals surface area contributed by atoms with Gasteiger partial charge in [-0.2, -0.15) is 0 Å². The molecular formula is C19H24ClNO5. The second kappa shape index (κ2) is 10.1. The molecule has 0 aliphatic carbocycles. The Kier molecular flexibility index (Phi) is 7.78. The molecule has 142 valence electrons. The first-order valence-corrected chi connectivity index (χ1v) is 9.04. The molecule has 1 aromatic rings. The summed E-state index contributed by atoms with van der Waals surface area (Å²) in [4.78, 5) is 23.3. The van der Waals surface area contributed by atoms with Crippen molar-refractivity contribution < 1.29 is 23.8 Å². The van der Waals surface area contributed by atoms with Gasteiger partial charge in [0.25, 0.3) is 5.91 Å². The zero-order chi connectivity index (χ0) is 18.9. The van der Waals surface area contributed by atoms with Gasteiger partial charge in [0.2, 0.25) is 0 Å². The minimum absolute atomic E-state index is 0.302. The van der Waals surface area contributed by atoms with Crippen LogP contribution < -0.4 is 14.8 Å². The molecule has 1 aliphatic rings. The smallest absolute Gasteiger partial charge is 0.331 e. The molecule has 1 aromatic carbocycles. The van der Waals surface area contributed by atoms with Crippen molar-refractivity contribution >= 4 is 29.6 Å². The quantitative estimate of drug-likeness (QED) is 0.579. The number of rotatable bonds is 7. The van der Waals surface area contributed by atoms with E-state index in [2.05, 4.69) is 19.2 Å². The summed E-state index contributed by atoms with van der Waals surface area (Å²) < 4.78 is 16.1. The second-order valence-electron chi connectivity index (χ2n) is 6.35.